The summed E-state index contributed by atoms with van der Waals surface area (Å²) in [6.07, 6.45) is 3.11. The molecule has 0 saturated carbocycles. The van der Waals surface area contributed by atoms with Gasteiger partial charge in [0.15, 0.2) is 0 Å². The predicted octanol–water partition coefficient (Wildman–Crippen LogP) is 3.35. The maximum absolute atomic E-state index is 13.5. The molecule has 2 amide bonds. The molecule has 0 heterocycles. The molecule has 1 atom stereocenters. The maximum Gasteiger partial charge on any atom is 0.244 e. The molecule has 2 aromatic rings. The molecule has 0 aliphatic heterocycles. The molecule has 0 radical (unpaired) electrons. The zero-order chi connectivity index (χ0) is 24.4. The van der Waals surface area contributed by atoms with Gasteiger partial charge in [0.2, 0.25) is 21.8 Å². The van der Waals surface area contributed by atoms with E-state index in [2.05, 4.69) is 5.32 Å². The van der Waals surface area contributed by atoms with E-state index in [1.807, 2.05) is 63.2 Å². The van der Waals surface area contributed by atoms with E-state index in [9.17, 15) is 18.0 Å². The molecule has 7 nitrogen and oxygen atoms in total. The molecule has 180 valence electrons. The molecule has 0 aromatic heterocycles. The van der Waals surface area contributed by atoms with Gasteiger partial charge in [0, 0.05) is 13.1 Å². The molecule has 33 heavy (non-hydrogen) atoms. The standard InChI is InChI=1S/C25H35N3O4S/c1-5-17-26-25(30)23(7-3)27(18-21-11-9-8-10-12-21)24(29)19-28(33(4,31)32)22-15-13-20(6-2)14-16-22/h8-16,23H,5-7,17-19H2,1-4H3,(H,26,30). The summed E-state index contributed by atoms with van der Waals surface area (Å²) in [6.45, 7) is 6.17. The zero-order valence-corrected chi connectivity index (χ0v) is 20.8. The van der Waals surface area contributed by atoms with E-state index in [1.165, 1.54) is 4.90 Å². The van der Waals surface area contributed by atoms with Crippen LogP contribution in [0, 0.1) is 0 Å². The van der Waals surface area contributed by atoms with Crippen LogP contribution in [0.5, 0.6) is 0 Å². The maximum atomic E-state index is 13.5. The van der Waals surface area contributed by atoms with Crippen LogP contribution in [-0.2, 0) is 32.6 Å². The lowest BCUT2D eigenvalue weighted by molar-refractivity contribution is -0.140. The zero-order valence-electron chi connectivity index (χ0n) is 20.0. The highest BCUT2D eigenvalue weighted by molar-refractivity contribution is 7.92. The highest BCUT2D eigenvalue weighted by Crippen LogP contribution is 2.20. The van der Waals surface area contributed by atoms with E-state index in [0.29, 0.717) is 18.7 Å². The average molecular weight is 474 g/mol. The van der Waals surface area contributed by atoms with Crippen molar-refractivity contribution >= 4 is 27.5 Å². The fourth-order valence-electron chi connectivity index (χ4n) is 3.58. The van der Waals surface area contributed by atoms with E-state index >= 15 is 0 Å². The predicted molar refractivity (Wildman–Crippen MR) is 132 cm³/mol. The minimum atomic E-state index is -3.72. The van der Waals surface area contributed by atoms with Crippen molar-refractivity contribution in [1.29, 1.82) is 0 Å². The van der Waals surface area contributed by atoms with E-state index in [4.69, 9.17) is 0 Å². The van der Waals surface area contributed by atoms with Crippen LogP contribution in [0.15, 0.2) is 54.6 Å². The van der Waals surface area contributed by atoms with Gasteiger partial charge in [-0.2, -0.15) is 0 Å². The van der Waals surface area contributed by atoms with E-state index in [-0.39, 0.29) is 19.0 Å². The molecule has 2 rings (SSSR count). The van der Waals surface area contributed by atoms with E-state index < -0.39 is 22.0 Å². The van der Waals surface area contributed by atoms with Gasteiger partial charge in [-0.3, -0.25) is 13.9 Å². The number of rotatable bonds is 12. The number of carbonyl (C=O) groups is 2. The first-order valence-electron chi connectivity index (χ1n) is 11.4. The molecule has 8 heteroatoms. The highest BCUT2D eigenvalue weighted by atomic mass is 32.2. The van der Waals surface area contributed by atoms with Crippen LogP contribution in [0.4, 0.5) is 5.69 Å². The average Bonchev–Trinajstić information content (AvgIpc) is 2.81. The highest BCUT2D eigenvalue weighted by Gasteiger charge is 2.31. The van der Waals surface area contributed by atoms with Gasteiger partial charge in [-0.1, -0.05) is 63.2 Å². The monoisotopic (exact) mass is 473 g/mol. The molecule has 0 aliphatic carbocycles. The number of hydrogen-bond acceptors (Lipinski definition) is 4. The number of nitrogens with zero attached hydrogens (tertiary/aromatic N) is 2. The minimum absolute atomic E-state index is 0.212. The van der Waals surface area contributed by atoms with Crippen molar-refractivity contribution in [2.75, 3.05) is 23.7 Å². The largest absolute Gasteiger partial charge is 0.354 e. The summed E-state index contributed by atoms with van der Waals surface area (Å²) in [7, 11) is -3.72. The normalized spacial score (nSPS) is 12.1. The van der Waals surface area contributed by atoms with Gasteiger partial charge in [-0.25, -0.2) is 8.42 Å². The van der Waals surface area contributed by atoms with Crippen LogP contribution in [-0.4, -0.2) is 50.5 Å². The number of amides is 2. The fraction of sp³-hybridized carbons (Fsp3) is 0.440. The first-order valence-corrected chi connectivity index (χ1v) is 13.2. The summed E-state index contributed by atoms with van der Waals surface area (Å²) in [5, 5.41) is 2.87. The number of anilines is 1. The lowest BCUT2D eigenvalue weighted by Crippen LogP contribution is -2.52. The molecular formula is C25H35N3O4S. The summed E-state index contributed by atoms with van der Waals surface area (Å²) in [6, 6.07) is 15.8. The van der Waals surface area contributed by atoms with Crippen molar-refractivity contribution in [1.82, 2.24) is 10.2 Å². The SMILES string of the molecule is CCCNC(=O)C(CC)N(Cc1ccccc1)C(=O)CN(c1ccc(CC)cc1)S(C)(=O)=O. The molecule has 0 aliphatic rings. The van der Waals surface area contributed by atoms with Gasteiger partial charge in [0.05, 0.1) is 11.9 Å². The van der Waals surface area contributed by atoms with Gasteiger partial charge in [-0.15, -0.1) is 0 Å². The van der Waals surface area contributed by atoms with Gasteiger partial charge >= 0.3 is 0 Å². The summed E-state index contributed by atoms with van der Waals surface area (Å²) >= 11 is 0. The second-order valence-corrected chi connectivity index (χ2v) is 9.92. The first-order chi connectivity index (χ1) is 15.7. The third kappa shape index (κ3) is 7.60. The summed E-state index contributed by atoms with van der Waals surface area (Å²) in [4.78, 5) is 27.9. The minimum Gasteiger partial charge on any atom is -0.354 e. The van der Waals surface area contributed by atoms with Crippen molar-refractivity contribution in [3.8, 4) is 0 Å². The second-order valence-electron chi connectivity index (χ2n) is 8.01. The molecule has 0 saturated heterocycles. The van der Waals surface area contributed by atoms with Gasteiger partial charge in [0.1, 0.15) is 12.6 Å². The smallest absolute Gasteiger partial charge is 0.244 e. The topological polar surface area (TPSA) is 86.8 Å². The van der Waals surface area contributed by atoms with Crippen LogP contribution >= 0.6 is 0 Å². The Morgan fingerprint density at radius 2 is 1.58 bits per heavy atom. The van der Waals surface area contributed by atoms with Gasteiger partial charge in [0.25, 0.3) is 0 Å². The van der Waals surface area contributed by atoms with Gasteiger partial charge in [-0.05, 0) is 42.5 Å². The Morgan fingerprint density at radius 1 is 0.939 bits per heavy atom. The third-order valence-corrected chi connectivity index (χ3v) is 6.58. The van der Waals surface area contributed by atoms with Crippen LogP contribution in [0.25, 0.3) is 0 Å². The molecule has 1 unspecified atom stereocenters. The molecule has 0 bridgehead atoms. The van der Waals surface area contributed by atoms with Crippen LogP contribution in [0.2, 0.25) is 0 Å². The summed E-state index contributed by atoms with van der Waals surface area (Å²) in [5.41, 5.74) is 2.36. The summed E-state index contributed by atoms with van der Waals surface area (Å²) in [5.74, 6) is -0.663. The lowest BCUT2D eigenvalue weighted by Gasteiger charge is -2.33. The Labute approximate surface area is 197 Å². The van der Waals surface area contributed by atoms with E-state index in [1.54, 1.807) is 12.1 Å². The van der Waals surface area contributed by atoms with Crippen molar-refractivity contribution in [2.45, 2.75) is 52.6 Å². The van der Waals surface area contributed by atoms with Crippen molar-refractivity contribution in [3.05, 3.63) is 65.7 Å². The van der Waals surface area contributed by atoms with Crippen molar-refractivity contribution < 1.29 is 18.0 Å². The molecule has 0 spiro atoms. The second kappa shape index (κ2) is 12.4. The van der Waals surface area contributed by atoms with Crippen LogP contribution in [0.3, 0.4) is 0 Å². The first kappa shape index (κ1) is 26.4. The number of sulfonamides is 1. The number of hydrogen-bond donors (Lipinski definition) is 1. The van der Waals surface area contributed by atoms with Crippen LogP contribution in [0.1, 0.15) is 44.7 Å². The molecule has 2 aromatic carbocycles. The van der Waals surface area contributed by atoms with Crippen LogP contribution < -0.4 is 9.62 Å². The Kier molecular flexibility index (Phi) is 9.91. The quantitative estimate of drug-likeness (QED) is 0.512. The number of benzene rings is 2. The molecule has 0 fully saturated rings. The Hall–Kier alpha value is -2.87. The molecule has 1 N–H and O–H groups in total. The van der Waals surface area contributed by atoms with Crippen molar-refractivity contribution in [3.63, 3.8) is 0 Å². The third-order valence-electron chi connectivity index (χ3n) is 5.44. The number of aryl methyl sites for hydroxylation is 1. The summed E-state index contributed by atoms with van der Waals surface area (Å²) < 4.78 is 26.3. The Morgan fingerprint density at radius 3 is 2.09 bits per heavy atom. The number of carbonyl (C=O) groups excluding carboxylic acids is 2. The number of nitrogens with one attached hydrogen (secondary N) is 1. The van der Waals surface area contributed by atoms with Crippen molar-refractivity contribution in [2.24, 2.45) is 0 Å². The lowest BCUT2D eigenvalue weighted by atomic mass is 10.1. The van der Waals surface area contributed by atoms with E-state index in [0.717, 1.165) is 34.5 Å². The fourth-order valence-corrected chi connectivity index (χ4v) is 4.43. The van der Waals surface area contributed by atoms with Gasteiger partial charge < -0.3 is 10.2 Å². The Bertz CT molecular complexity index is 1010. The molecular weight excluding hydrogens is 438 g/mol. The Balaban J connectivity index is 2.38.